The van der Waals surface area contributed by atoms with Crippen LogP contribution in [0, 0.1) is 5.92 Å². The van der Waals surface area contributed by atoms with Crippen molar-refractivity contribution >= 4 is 23.7 Å². The number of carbonyl (C=O) groups is 2. The van der Waals surface area contributed by atoms with Crippen LogP contribution in [0.5, 0.6) is 5.75 Å². The molecule has 0 spiro atoms. The smallest absolute Gasteiger partial charge is 0.173 e. The van der Waals surface area contributed by atoms with E-state index in [4.69, 9.17) is 16.3 Å². The topological polar surface area (TPSA) is 43.4 Å². The van der Waals surface area contributed by atoms with E-state index in [1.54, 1.807) is 12.1 Å². The van der Waals surface area contributed by atoms with E-state index in [-0.39, 0.29) is 18.3 Å². The maximum Gasteiger partial charge on any atom is 0.173 e. The summed E-state index contributed by atoms with van der Waals surface area (Å²) in [5.41, 5.74) is 0.496. The molecule has 0 amide bonds. The van der Waals surface area contributed by atoms with Crippen molar-refractivity contribution < 1.29 is 14.3 Å². The molecular weight excluding hydrogens is 264 g/mol. The van der Waals surface area contributed by atoms with Gasteiger partial charge in [-0.1, -0.05) is 30.9 Å². The van der Waals surface area contributed by atoms with E-state index in [1.807, 2.05) is 0 Å². The highest BCUT2D eigenvalue weighted by molar-refractivity contribution is 6.32. The normalized spacial score (nSPS) is 16.1. The van der Waals surface area contributed by atoms with Crippen LogP contribution in [0.4, 0.5) is 0 Å². The van der Waals surface area contributed by atoms with Crippen LogP contribution in [0.15, 0.2) is 18.2 Å². The van der Waals surface area contributed by atoms with E-state index in [0.29, 0.717) is 16.3 Å². The van der Waals surface area contributed by atoms with Gasteiger partial charge in [-0.15, -0.1) is 0 Å². The molecule has 1 saturated carbocycles. The van der Waals surface area contributed by atoms with Gasteiger partial charge in [0.2, 0.25) is 0 Å². The molecule has 0 heterocycles. The SMILES string of the molecule is O=Cc1ccc(OCC(=O)C2CCCCC2)c(Cl)c1. The van der Waals surface area contributed by atoms with Gasteiger partial charge in [-0.2, -0.15) is 0 Å². The lowest BCUT2D eigenvalue weighted by atomic mass is 9.86. The molecule has 0 N–H and O–H groups in total. The van der Waals surface area contributed by atoms with Gasteiger partial charge in [0.1, 0.15) is 18.6 Å². The summed E-state index contributed by atoms with van der Waals surface area (Å²) >= 11 is 5.98. The highest BCUT2D eigenvalue weighted by atomic mass is 35.5. The molecule has 2 rings (SSSR count). The minimum Gasteiger partial charge on any atom is -0.484 e. The molecule has 0 saturated heterocycles. The third-order valence-electron chi connectivity index (χ3n) is 3.52. The molecule has 1 aromatic rings. The fraction of sp³-hybridized carbons (Fsp3) is 0.467. The molecule has 3 nitrogen and oxygen atoms in total. The van der Waals surface area contributed by atoms with E-state index in [1.165, 1.54) is 12.5 Å². The minimum atomic E-state index is 0.0603. The minimum absolute atomic E-state index is 0.0603. The summed E-state index contributed by atoms with van der Waals surface area (Å²) in [7, 11) is 0. The van der Waals surface area contributed by atoms with Crippen LogP contribution in [0.3, 0.4) is 0 Å². The highest BCUT2D eigenvalue weighted by Gasteiger charge is 2.21. The van der Waals surface area contributed by atoms with Crippen molar-refractivity contribution in [3.63, 3.8) is 0 Å². The van der Waals surface area contributed by atoms with Gasteiger partial charge in [0.05, 0.1) is 5.02 Å². The fourth-order valence-corrected chi connectivity index (χ4v) is 2.64. The largest absolute Gasteiger partial charge is 0.484 e. The second kappa shape index (κ2) is 6.71. The average Bonchev–Trinajstić information content (AvgIpc) is 2.46. The van der Waals surface area contributed by atoms with E-state index >= 15 is 0 Å². The first-order chi connectivity index (χ1) is 9.20. The Bertz CT molecular complexity index is 464. The number of ketones is 1. The Morgan fingerprint density at radius 1 is 1.32 bits per heavy atom. The molecule has 102 valence electrons. The van der Waals surface area contributed by atoms with Gasteiger partial charge in [-0.05, 0) is 31.0 Å². The monoisotopic (exact) mass is 280 g/mol. The Balaban J connectivity index is 1.91. The quantitative estimate of drug-likeness (QED) is 0.773. The molecule has 1 fully saturated rings. The van der Waals surface area contributed by atoms with Crippen LogP contribution in [0.2, 0.25) is 5.02 Å². The maximum atomic E-state index is 12.0. The van der Waals surface area contributed by atoms with Crippen molar-refractivity contribution in [3.05, 3.63) is 28.8 Å². The zero-order valence-electron chi connectivity index (χ0n) is 10.7. The molecule has 0 aromatic heterocycles. The molecule has 0 radical (unpaired) electrons. The van der Waals surface area contributed by atoms with Crippen LogP contribution in [-0.2, 0) is 4.79 Å². The van der Waals surface area contributed by atoms with Crippen molar-refractivity contribution in [1.29, 1.82) is 0 Å². The molecule has 19 heavy (non-hydrogen) atoms. The summed E-state index contributed by atoms with van der Waals surface area (Å²) in [5, 5.41) is 0.362. The van der Waals surface area contributed by atoms with Crippen LogP contribution >= 0.6 is 11.6 Å². The van der Waals surface area contributed by atoms with E-state index in [0.717, 1.165) is 32.0 Å². The first-order valence-corrected chi connectivity index (χ1v) is 6.99. The fourth-order valence-electron chi connectivity index (χ4n) is 2.40. The van der Waals surface area contributed by atoms with Gasteiger partial charge in [-0.3, -0.25) is 9.59 Å². The van der Waals surface area contributed by atoms with Crippen molar-refractivity contribution in [2.75, 3.05) is 6.61 Å². The maximum absolute atomic E-state index is 12.0. The molecule has 0 atom stereocenters. The Morgan fingerprint density at radius 3 is 2.68 bits per heavy atom. The first-order valence-electron chi connectivity index (χ1n) is 6.61. The van der Waals surface area contributed by atoms with Gasteiger partial charge in [0, 0.05) is 11.5 Å². The molecule has 0 aliphatic heterocycles. The summed E-state index contributed by atoms with van der Waals surface area (Å²) in [6, 6.07) is 4.79. The number of carbonyl (C=O) groups excluding carboxylic acids is 2. The summed E-state index contributed by atoms with van der Waals surface area (Å²) < 4.78 is 5.45. The van der Waals surface area contributed by atoms with Gasteiger partial charge in [0.15, 0.2) is 5.78 Å². The molecule has 1 aliphatic rings. The third-order valence-corrected chi connectivity index (χ3v) is 3.82. The lowest BCUT2D eigenvalue weighted by Crippen LogP contribution is -2.23. The summed E-state index contributed by atoms with van der Waals surface area (Å²) in [6.07, 6.45) is 6.16. The Kier molecular flexibility index (Phi) is 4.97. The van der Waals surface area contributed by atoms with Crippen molar-refractivity contribution in [3.8, 4) is 5.75 Å². The van der Waals surface area contributed by atoms with Crippen molar-refractivity contribution in [2.45, 2.75) is 32.1 Å². The first kappa shape index (κ1) is 14.1. The van der Waals surface area contributed by atoms with Gasteiger partial charge < -0.3 is 4.74 Å². The van der Waals surface area contributed by atoms with E-state index < -0.39 is 0 Å². The van der Waals surface area contributed by atoms with Gasteiger partial charge in [-0.25, -0.2) is 0 Å². The number of benzene rings is 1. The average molecular weight is 281 g/mol. The number of Topliss-reactive ketones (excluding diaryl/α,β-unsaturated/α-hetero) is 1. The van der Waals surface area contributed by atoms with E-state index in [9.17, 15) is 9.59 Å². The number of aldehydes is 1. The molecule has 4 heteroatoms. The zero-order valence-corrected chi connectivity index (χ0v) is 11.5. The standard InChI is InChI=1S/C15H17ClO3/c16-13-8-11(9-17)6-7-15(13)19-10-14(18)12-4-2-1-3-5-12/h6-9,12H,1-5,10H2. The molecular formula is C15H17ClO3. The van der Waals surface area contributed by atoms with Crippen LogP contribution in [0.25, 0.3) is 0 Å². The van der Waals surface area contributed by atoms with Crippen LogP contribution < -0.4 is 4.74 Å². The second-order valence-electron chi connectivity index (χ2n) is 4.90. The lowest BCUT2D eigenvalue weighted by molar-refractivity contribution is -0.125. The predicted octanol–water partition coefficient (Wildman–Crippen LogP) is 3.68. The highest BCUT2D eigenvalue weighted by Crippen LogP contribution is 2.27. The molecule has 1 aliphatic carbocycles. The predicted molar refractivity (Wildman–Crippen MR) is 73.9 cm³/mol. The lowest BCUT2D eigenvalue weighted by Gasteiger charge is -2.20. The van der Waals surface area contributed by atoms with E-state index in [2.05, 4.69) is 0 Å². The number of hydrogen-bond acceptors (Lipinski definition) is 3. The Morgan fingerprint density at radius 2 is 2.05 bits per heavy atom. The third kappa shape index (κ3) is 3.80. The number of hydrogen-bond donors (Lipinski definition) is 0. The number of rotatable bonds is 5. The molecule has 0 unspecified atom stereocenters. The van der Waals surface area contributed by atoms with Crippen LogP contribution in [-0.4, -0.2) is 18.7 Å². The summed E-state index contributed by atoms with van der Waals surface area (Å²) in [5.74, 6) is 0.744. The van der Waals surface area contributed by atoms with Crippen molar-refractivity contribution in [1.82, 2.24) is 0 Å². The van der Waals surface area contributed by atoms with Crippen LogP contribution in [0.1, 0.15) is 42.5 Å². The number of ether oxygens (including phenoxy) is 1. The Labute approximate surface area is 117 Å². The summed E-state index contributed by atoms with van der Waals surface area (Å²) in [6.45, 7) is 0.0603. The molecule has 1 aromatic carbocycles. The van der Waals surface area contributed by atoms with Gasteiger partial charge >= 0.3 is 0 Å². The van der Waals surface area contributed by atoms with Gasteiger partial charge in [0.25, 0.3) is 0 Å². The Hall–Kier alpha value is -1.35. The van der Waals surface area contributed by atoms with Crippen molar-refractivity contribution in [2.24, 2.45) is 5.92 Å². The molecule has 0 bridgehead atoms. The summed E-state index contributed by atoms with van der Waals surface area (Å²) in [4.78, 5) is 22.6. The second-order valence-corrected chi connectivity index (χ2v) is 5.30. The zero-order chi connectivity index (χ0) is 13.7. The number of halogens is 1.